The first-order valence-corrected chi connectivity index (χ1v) is 6.96. The van der Waals surface area contributed by atoms with Crippen molar-refractivity contribution in [1.82, 2.24) is 0 Å². The smallest absolute Gasteiger partial charge is 0.119 e. The maximum absolute atomic E-state index is 10.0. The Labute approximate surface area is 116 Å². The molecule has 3 nitrogen and oxygen atoms in total. The SMILES string of the molecule is CCC(C)(O)CCC(COC)COc1ccccc1. The lowest BCUT2D eigenvalue weighted by molar-refractivity contribution is 0.0294. The van der Waals surface area contributed by atoms with Gasteiger partial charge in [0.1, 0.15) is 5.75 Å². The lowest BCUT2D eigenvalue weighted by Gasteiger charge is -2.24. The summed E-state index contributed by atoms with van der Waals surface area (Å²) in [5.74, 6) is 1.19. The van der Waals surface area contributed by atoms with Gasteiger partial charge in [0.05, 0.1) is 18.8 Å². The molecule has 1 aromatic rings. The molecule has 0 amide bonds. The van der Waals surface area contributed by atoms with Gasteiger partial charge in [0, 0.05) is 13.0 Å². The summed E-state index contributed by atoms with van der Waals surface area (Å²) in [6.07, 6.45) is 2.45. The van der Waals surface area contributed by atoms with Crippen LogP contribution in [0.2, 0.25) is 0 Å². The number of rotatable bonds is 9. The van der Waals surface area contributed by atoms with Crippen LogP contribution < -0.4 is 4.74 Å². The Hall–Kier alpha value is -1.06. The zero-order valence-electron chi connectivity index (χ0n) is 12.3. The molecule has 1 N–H and O–H groups in total. The molecule has 3 heteroatoms. The minimum atomic E-state index is -0.585. The van der Waals surface area contributed by atoms with Crippen molar-refractivity contribution in [2.24, 2.45) is 5.92 Å². The molecular formula is C16H26O3. The Morgan fingerprint density at radius 1 is 1.21 bits per heavy atom. The van der Waals surface area contributed by atoms with Crippen molar-refractivity contribution in [3.8, 4) is 5.75 Å². The maximum Gasteiger partial charge on any atom is 0.119 e. The standard InChI is InChI=1S/C16H26O3/c1-4-16(2,17)11-10-14(12-18-3)13-19-15-8-6-5-7-9-15/h5-9,14,17H,4,10-13H2,1-3H3. The van der Waals surface area contributed by atoms with E-state index >= 15 is 0 Å². The summed E-state index contributed by atoms with van der Waals surface area (Å²) < 4.78 is 11.0. The van der Waals surface area contributed by atoms with Crippen LogP contribution in [0.5, 0.6) is 5.75 Å². The van der Waals surface area contributed by atoms with E-state index in [0.717, 1.165) is 25.0 Å². The van der Waals surface area contributed by atoms with E-state index in [9.17, 15) is 5.11 Å². The van der Waals surface area contributed by atoms with Crippen molar-refractivity contribution in [2.75, 3.05) is 20.3 Å². The summed E-state index contributed by atoms with van der Waals surface area (Å²) in [5, 5.41) is 10.0. The van der Waals surface area contributed by atoms with E-state index in [4.69, 9.17) is 9.47 Å². The fourth-order valence-corrected chi connectivity index (χ4v) is 1.87. The van der Waals surface area contributed by atoms with E-state index < -0.39 is 5.60 Å². The van der Waals surface area contributed by atoms with E-state index in [-0.39, 0.29) is 0 Å². The lowest BCUT2D eigenvalue weighted by atomic mass is 9.92. The molecule has 1 aromatic carbocycles. The molecule has 0 radical (unpaired) electrons. The first kappa shape index (κ1) is 16.0. The van der Waals surface area contributed by atoms with Gasteiger partial charge < -0.3 is 14.6 Å². The summed E-state index contributed by atoms with van der Waals surface area (Å²) >= 11 is 0. The number of methoxy groups -OCH3 is 1. The molecular weight excluding hydrogens is 240 g/mol. The minimum Gasteiger partial charge on any atom is -0.493 e. The third-order valence-electron chi connectivity index (χ3n) is 3.48. The lowest BCUT2D eigenvalue weighted by Crippen LogP contribution is -2.26. The van der Waals surface area contributed by atoms with Gasteiger partial charge in [0.25, 0.3) is 0 Å². The first-order valence-electron chi connectivity index (χ1n) is 6.96. The minimum absolute atomic E-state index is 0.309. The average Bonchev–Trinajstić information content (AvgIpc) is 2.43. The van der Waals surface area contributed by atoms with E-state index in [2.05, 4.69) is 0 Å². The van der Waals surface area contributed by atoms with Gasteiger partial charge in [0.15, 0.2) is 0 Å². The number of benzene rings is 1. The van der Waals surface area contributed by atoms with Crippen LogP contribution in [0.1, 0.15) is 33.1 Å². The Balaban J connectivity index is 2.40. The van der Waals surface area contributed by atoms with Crippen molar-refractivity contribution < 1.29 is 14.6 Å². The van der Waals surface area contributed by atoms with Crippen LogP contribution in [0.4, 0.5) is 0 Å². The zero-order chi connectivity index (χ0) is 14.1. The van der Waals surface area contributed by atoms with Crippen molar-refractivity contribution in [3.05, 3.63) is 30.3 Å². The molecule has 0 saturated heterocycles. The van der Waals surface area contributed by atoms with Crippen molar-refractivity contribution in [1.29, 1.82) is 0 Å². The highest BCUT2D eigenvalue weighted by Crippen LogP contribution is 2.21. The molecule has 0 aromatic heterocycles. The van der Waals surface area contributed by atoms with Crippen LogP contribution >= 0.6 is 0 Å². The van der Waals surface area contributed by atoms with E-state index in [1.807, 2.05) is 44.2 Å². The number of para-hydroxylation sites is 1. The topological polar surface area (TPSA) is 38.7 Å². The van der Waals surface area contributed by atoms with Gasteiger partial charge in [-0.25, -0.2) is 0 Å². The number of aliphatic hydroxyl groups is 1. The number of hydrogen-bond acceptors (Lipinski definition) is 3. The van der Waals surface area contributed by atoms with Gasteiger partial charge in [-0.05, 0) is 38.3 Å². The summed E-state index contributed by atoms with van der Waals surface area (Å²) in [6.45, 7) is 5.17. The summed E-state index contributed by atoms with van der Waals surface area (Å²) in [7, 11) is 1.70. The van der Waals surface area contributed by atoms with Crippen molar-refractivity contribution >= 4 is 0 Å². The van der Waals surface area contributed by atoms with Gasteiger partial charge in [-0.3, -0.25) is 0 Å². The molecule has 2 atom stereocenters. The molecule has 0 bridgehead atoms. The molecule has 2 unspecified atom stereocenters. The van der Waals surface area contributed by atoms with E-state index in [1.54, 1.807) is 7.11 Å². The van der Waals surface area contributed by atoms with Gasteiger partial charge >= 0.3 is 0 Å². The summed E-state index contributed by atoms with van der Waals surface area (Å²) in [6, 6.07) is 9.79. The Morgan fingerprint density at radius 2 is 1.89 bits per heavy atom. The van der Waals surface area contributed by atoms with Crippen LogP contribution in [-0.2, 0) is 4.74 Å². The first-order chi connectivity index (χ1) is 9.07. The molecule has 1 rings (SSSR count). The van der Waals surface area contributed by atoms with E-state index in [1.165, 1.54) is 0 Å². The molecule has 0 aliphatic carbocycles. The Kier molecular flexibility index (Phi) is 6.89. The van der Waals surface area contributed by atoms with Gasteiger partial charge in [-0.2, -0.15) is 0 Å². The molecule has 0 heterocycles. The fraction of sp³-hybridized carbons (Fsp3) is 0.625. The molecule has 19 heavy (non-hydrogen) atoms. The highest BCUT2D eigenvalue weighted by Gasteiger charge is 2.20. The second-order valence-corrected chi connectivity index (χ2v) is 5.33. The van der Waals surface area contributed by atoms with E-state index in [0.29, 0.717) is 19.1 Å². The Bertz CT molecular complexity index is 335. The molecule has 0 spiro atoms. The summed E-state index contributed by atoms with van der Waals surface area (Å²) in [5.41, 5.74) is -0.585. The summed E-state index contributed by atoms with van der Waals surface area (Å²) in [4.78, 5) is 0. The molecule has 0 aliphatic heterocycles. The van der Waals surface area contributed by atoms with Crippen LogP contribution in [0.25, 0.3) is 0 Å². The third kappa shape index (κ3) is 6.60. The Morgan fingerprint density at radius 3 is 2.47 bits per heavy atom. The van der Waals surface area contributed by atoms with Crippen LogP contribution in [0.15, 0.2) is 30.3 Å². The highest BCUT2D eigenvalue weighted by molar-refractivity contribution is 5.20. The van der Waals surface area contributed by atoms with Crippen molar-refractivity contribution in [3.63, 3.8) is 0 Å². The molecule has 0 fully saturated rings. The average molecular weight is 266 g/mol. The van der Waals surface area contributed by atoms with Crippen LogP contribution in [-0.4, -0.2) is 31.0 Å². The monoisotopic (exact) mass is 266 g/mol. The fourth-order valence-electron chi connectivity index (χ4n) is 1.87. The van der Waals surface area contributed by atoms with Crippen molar-refractivity contribution in [2.45, 2.75) is 38.7 Å². The van der Waals surface area contributed by atoms with Gasteiger partial charge in [0.2, 0.25) is 0 Å². The third-order valence-corrected chi connectivity index (χ3v) is 3.48. The maximum atomic E-state index is 10.0. The second-order valence-electron chi connectivity index (χ2n) is 5.33. The normalized spacial score (nSPS) is 15.8. The number of hydrogen-bond donors (Lipinski definition) is 1. The largest absolute Gasteiger partial charge is 0.493 e. The second kappa shape index (κ2) is 8.18. The molecule has 0 aliphatic rings. The predicted octanol–water partition coefficient (Wildman–Crippen LogP) is 3.27. The van der Waals surface area contributed by atoms with Gasteiger partial charge in [-0.15, -0.1) is 0 Å². The van der Waals surface area contributed by atoms with Crippen LogP contribution in [0.3, 0.4) is 0 Å². The molecule has 0 saturated carbocycles. The number of ether oxygens (including phenoxy) is 2. The zero-order valence-corrected chi connectivity index (χ0v) is 12.3. The quantitative estimate of drug-likeness (QED) is 0.745. The predicted molar refractivity (Wildman–Crippen MR) is 77.5 cm³/mol. The van der Waals surface area contributed by atoms with Crippen LogP contribution in [0, 0.1) is 5.92 Å². The highest BCUT2D eigenvalue weighted by atomic mass is 16.5. The van der Waals surface area contributed by atoms with Gasteiger partial charge in [-0.1, -0.05) is 25.1 Å². The molecule has 108 valence electrons.